The molecule has 1 aliphatic rings. The molecule has 1 aromatic heterocycles. The van der Waals surface area contributed by atoms with Crippen molar-refractivity contribution < 1.29 is 14.3 Å². The SMILES string of the molecule is CCCCOc1nc(N)c2c(n1)N(CCN[C@@H](C)C(=O)OC)CN2. The van der Waals surface area contributed by atoms with Crippen molar-refractivity contribution in [1.29, 1.82) is 0 Å². The van der Waals surface area contributed by atoms with Gasteiger partial charge < -0.3 is 30.7 Å². The van der Waals surface area contributed by atoms with Crippen LogP contribution in [-0.2, 0) is 9.53 Å². The van der Waals surface area contributed by atoms with Crippen LogP contribution in [0.5, 0.6) is 6.01 Å². The smallest absolute Gasteiger partial charge is 0.322 e. The quantitative estimate of drug-likeness (QED) is 0.439. The van der Waals surface area contributed by atoms with E-state index in [9.17, 15) is 4.79 Å². The Hall–Kier alpha value is -2.29. The third-order valence-electron chi connectivity index (χ3n) is 3.76. The van der Waals surface area contributed by atoms with Crippen molar-refractivity contribution in [2.45, 2.75) is 32.7 Å². The van der Waals surface area contributed by atoms with E-state index in [1.807, 2.05) is 4.90 Å². The number of carbonyl (C=O) groups is 1. The average Bonchev–Trinajstić information content (AvgIpc) is 2.98. The first-order valence-corrected chi connectivity index (χ1v) is 8.17. The minimum absolute atomic E-state index is 0.284. The lowest BCUT2D eigenvalue weighted by Crippen LogP contribution is -2.40. The molecule has 1 atom stereocenters. The standard InChI is InChI=1S/C15H26N6O3/c1-4-5-8-24-15-19-12(16)11-13(20-15)21(9-18-11)7-6-17-10(2)14(22)23-3/h10,17-18H,4-9H2,1-3H3,(H2,16,19,20)/t10-/m0/s1. The second-order valence-corrected chi connectivity index (χ2v) is 5.59. The number of hydrogen-bond donors (Lipinski definition) is 3. The van der Waals surface area contributed by atoms with Crippen molar-refractivity contribution in [2.75, 3.05) is 49.4 Å². The summed E-state index contributed by atoms with van der Waals surface area (Å²) in [7, 11) is 1.38. The highest BCUT2D eigenvalue weighted by Gasteiger charge is 2.25. The summed E-state index contributed by atoms with van der Waals surface area (Å²) < 4.78 is 10.2. The molecule has 9 heteroatoms. The van der Waals surface area contributed by atoms with E-state index in [1.165, 1.54) is 7.11 Å². The molecule has 134 valence electrons. The molecule has 9 nitrogen and oxygen atoms in total. The number of hydrogen-bond acceptors (Lipinski definition) is 9. The number of esters is 1. The Bertz CT molecular complexity index is 568. The van der Waals surface area contributed by atoms with E-state index < -0.39 is 0 Å². The number of methoxy groups -OCH3 is 1. The maximum absolute atomic E-state index is 11.4. The van der Waals surface area contributed by atoms with Gasteiger partial charge in [0.05, 0.1) is 20.4 Å². The zero-order valence-corrected chi connectivity index (χ0v) is 14.5. The average molecular weight is 338 g/mol. The number of rotatable bonds is 9. The lowest BCUT2D eigenvalue weighted by atomic mass is 10.3. The highest BCUT2D eigenvalue weighted by atomic mass is 16.5. The zero-order valence-electron chi connectivity index (χ0n) is 14.5. The lowest BCUT2D eigenvalue weighted by Gasteiger charge is -2.19. The maximum atomic E-state index is 11.4. The van der Waals surface area contributed by atoms with Crippen molar-refractivity contribution in [3.05, 3.63) is 0 Å². The number of nitrogens with two attached hydrogens (primary N) is 1. The summed E-state index contributed by atoms with van der Waals surface area (Å²) in [6, 6.07) is -0.0577. The third kappa shape index (κ3) is 4.38. The molecule has 1 aromatic rings. The minimum Gasteiger partial charge on any atom is -0.468 e. The molecular formula is C15H26N6O3. The van der Waals surface area contributed by atoms with Crippen LogP contribution in [0.1, 0.15) is 26.7 Å². The second kappa shape index (κ2) is 8.53. The molecule has 4 N–H and O–H groups in total. The van der Waals surface area contributed by atoms with Crippen LogP contribution in [0.15, 0.2) is 0 Å². The van der Waals surface area contributed by atoms with Gasteiger partial charge in [-0.25, -0.2) is 0 Å². The Balaban J connectivity index is 1.95. The number of unbranched alkanes of at least 4 members (excludes halogenated alkanes) is 1. The van der Waals surface area contributed by atoms with Gasteiger partial charge in [0.1, 0.15) is 11.7 Å². The summed E-state index contributed by atoms with van der Waals surface area (Å²) in [6.07, 6.45) is 1.98. The largest absolute Gasteiger partial charge is 0.468 e. The first kappa shape index (κ1) is 18.1. The number of fused-ring (bicyclic) bond motifs is 1. The van der Waals surface area contributed by atoms with E-state index in [2.05, 4.69) is 32.3 Å². The summed E-state index contributed by atoms with van der Waals surface area (Å²) in [5, 5.41) is 6.30. The van der Waals surface area contributed by atoms with Crippen LogP contribution in [-0.4, -0.2) is 55.5 Å². The van der Waals surface area contributed by atoms with Gasteiger partial charge in [-0.3, -0.25) is 4.79 Å². The van der Waals surface area contributed by atoms with Gasteiger partial charge in [-0.1, -0.05) is 13.3 Å². The van der Waals surface area contributed by atoms with Gasteiger partial charge in [0, 0.05) is 13.1 Å². The third-order valence-corrected chi connectivity index (χ3v) is 3.76. The van der Waals surface area contributed by atoms with E-state index >= 15 is 0 Å². The number of ether oxygens (including phenoxy) is 2. The number of anilines is 3. The highest BCUT2D eigenvalue weighted by molar-refractivity contribution is 5.80. The molecule has 0 fully saturated rings. The Morgan fingerprint density at radius 2 is 2.29 bits per heavy atom. The van der Waals surface area contributed by atoms with Crippen LogP contribution < -0.4 is 26.0 Å². The van der Waals surface area contributed by atoms with Gasteiger partial charge in [0.15, 0.2) is 11.6 Å². The van der Waals surface area contributed by atoms with Gasteiger partial charge in [0.25, 0.3) is 0 Å². The molecule has 0 saturated heterocycles. The van der Waals surface area contributed by atoms with Crippen molar-refractivity contribution in [1.82, 2.24) is 15.3 Å². The summed E-state index contributed by atoms with van der Waals surface area (Å²) in [5.74, 6) is 0.819. The summed E-state index contributed by atoms with van der Waals surface area (Å²) in [4.78, 5) is 22.0. The Kier molecular flexibility index (Phi) is 6.42. The van der Waals surface area contributed by atoms with E-state index in [4.69, 9.17) is 10.5 Å². The van der Waals surface area contributed by atoms with Crippen molar-refractivity contribution >= 4 is 23.3 Å². The molecule has 0 aliphatic carbocycles. The topological polar surface area (TPSA) is 115 Å². The molecule has 0 aromatic carbocycles. The number of nitrogen functional groups attached to an aromatic ring is 1. The molecule has 1 aliphatic heterocycles. The van der Waals surface area contributed by atoms with Gasteiger partial charge in [-0.2, -0.15) is 9.97 Å². The molecule has 0 amide bonds. The summed E-state index contributed by atoms with van der Waals surface area (Å²) >= 11 is 0. The van der Waals surface area contributed by atoms with Crippen molar-refractivity contribution in [3.63, 3.8) is 0 Å². The van der Waals surface area contributed by atoms with Gasteiger partial charge in [0.2, 0.25) is 0 Å². The van der Waals surface area contributed by atoms with E-state index in [0.717, 1.165) is 24.3 Å². The summed E-state index contributed by atoms with van der Waals surface area (Å²) in [5.41, 5.74) is 6.70. The fourth-order valence-electron chi connectivity index (χ4n) is 2.33. The molecule has 0 radical (unpaired) electrons. The first-order chi connectivity index (χ1) is 11.6. The monoisotopic (exact) mass is 338 g/mol. The Morgan fingerprint density at radius 3 is 3.00 bits per heavy atom. The van der Waals surface area contributed by atoms with Crippen molar-refractivity contribution in [3.8, 4) is 6.01 Å². The molecule has 24 heavy (non-hydrogen) atoms. The van der Waals surface area contributed by atoms with Crippen LogP contribution in [0, 0.1) is 0 Å². The minimum atomic E-state index is -0.353. The van der Waals surface area contributed by atoms with E-state index in [1.54, 1.807) is 6.92 Å². The molecule has 0 bridgehead atoms. The normalized spacial score (nSPS) is 14.0. The van der Waals surface area contributed by atoms with Crippen LogP contribution in [0.3, 0.4) is 0 Å². The molecule has 0 unspecified atom stereocenters. The zero-order chi connectivity index (χ0) is 17.5. The van der Waals surface area contributed by atoms with Crippen LogP contribution in [0.4, 0.5) is 17.3 Å². The maximum Gasteiger partial charge on any atom is 0.322 e. The second-order valence-electron chi connectivity index (χ2n) is 5.59. The highest BCUT2D eigenvalue weighted by Crippen LogP contribution is 2.34. The predicted molar refractivity (Wildman–Crippen MR) is 92.2 cm³/mol. The van der Waals surface area contributed by atoms with Crippen LogP contribution in [0.2, 0.25) is 0 Å². The van der Waals surface area contributed by atoms with Crippen LogP contribution >= 0.6 is 0 Å². The van der Waals surface area contributed by atoms with Gasteiger partial charge in [-0.05, 0) is 13.3 Å². The lowest BCUT2D eigenvalue weighted by molar-refractivity contribution is -0.142. The summed E-state index contributed by atoms with van der Waals surface area (Å²) in [6.45, 7) is 6.28. The van der Waals surface area contributed by atoms with E-state index in [0.29, 0.717) is 38.2 Å². The van der Waals surface area contributed by atoms with Gasteiger partial charge >= 0.3 is 12.0 Å². The molecule has 2 heterocycles. The number of nitrogens with zero attached hydrogens (tertiary/aromatic N) is 3. The van der Waals surface area contributed by atoms with Gasteiger partial charge in [-0.15, -0.1) is 0 Å². The number of carbonyl (C=O) groups excluding carboxylic acids is 1. The Labute approximate surface area is 141 Å². The predicted octanol–water partition coefficient (Wildman–Crippen LogP) is 0.578. The molecule has 2 rings (SSSR count). The van der Waals surface area contributed by atoms with Crippen molar-refractivity contribution in [2.24, 2.45) is 0 Å². The molecule has 0 saturated carbocycles. The Morgan fingerprint density at radius 1 is 1.50 bits per heavy atom. The van der Waals surface area contributed by atoms with E-state index in [-0.39, 0.29) is 12.0 Å². The number of aromatic nitrogens is 2. The number of nitrogens with one attached hydrogen (secondary N) is 2. The fraction of sp³-hybridized carbons (Fsp3) is 0.667. The van der Waals surface area contributed by atoms with Crippen LogP contribution in [0.25, 0.3) is 0 Å². The molecule has 0 spiro atoms. The first-order valence-electron chi connectivity index (χ1n) is 8.17. The fourth-order valence-corrected chi connectivity index (χ4v) is 2.33. The molecular weight excluding hydrogens is 312 g/mol.